The van der Waals surface area contributed by atoms with Crippen LogP contribution < -0.4 is 5.73 Å². The van der Waals surface area contributed by atoms with Gasteiger partial charge in [0.25, 0.3) is 0 Å². The van der Waals surface area contributed by atoms with E-state index in [1.165, 1.54) is 24.8 Å². The molecule has 4 aliphatic rings. The van der Waals surface area contributed by atoms with Crippen molar-refractivity contribution in [2.45, 2.75) is 131 Å². The molecular formula is C30H53NO2. The van der Waals surface area contributed by atoms with Gasteiger partial charge in [-0.15, -0.1) is 0 Å². The molecule has 0 amide bonds. The highest BCUT2D eigenvalue weighted by molar-refractivity contribution is 5.20. The van der Waals surface area contributed by atoms with Crippen molar-refractivity contribution in [2.24, 2.45) is 51.1 Å². The first-order valence-corrected chi connectivity index (χ1v) is 13.9. The molecule has 0 aromatic heterocycles. The van der Waals surface area contributed by atoms with Crippen LogP contribution >= 0.6 is 0 Å². The molecule has 0 radical (unpaired) electrons. The normalized spacial score (nSPS) is 50.5. The molecule has 4 saturated carbocycles. The zero-order valence-corrected chi connectivity index (χ0v) is 22.9. The zero-order valence-electron chi connectivity index (χ0n) is 22.9. The molecule has 0 aromatic carbocycles. The number of aliphatic hydroxyl groups excluding tert-OH is 1. The number of fused-ring (bicyclic) bond motifs is 5. The summed E-state index contributed by atoms with van der Waals surface area (Å²) in [5.74, 6) is 1.53. The third-order valence-electron chi connectivity index (χ3n) is 12.5. The Morgan fingerprint density at radius 1 is 0.970 bits per heavy atom. The molecule has 3 heteroatoms. The molecule has 4 rings (SSSR count). The van der Waals surface area contributed by atoms with E-state index in [-0.39, 0.29) is 45.6 Å². The quantitative estimate of drug-likeness (QED) is 0.422. The van der Waals surface area contributed by atoms with E-state index in [9.17, 15) is 10.2 Å². The first-order valence-electron chi connectivity index (χ1n) is 13.9. The molecule has 0 aliphatic heterocycles. The van der Waals surface area contributed by atoms with Crippen molar-refractivity contribution in [3.8, 4) is 0 Å². The minimum absolute atomic E-state index is 0.0815. The number of aliphatic hydroxyl groups is 2. The third kappa shape index (κ3) is 3.61. The van der Waals surface area contributed by atoms with Crippen LogP contribution in [0.4, 0.5) is 0 Å². The van der Waals surface area contributed by atoms with E-state index in [4.69, 9.17) is 5.73 Å². The molecule has 190 valence electrons. The van der Waals surface area contributed by atoms with E-state index in [0.717, 1.165) is 38.5 Å². The minimum atomic E-state index is -0.723. The lowest BCUT2D eigenvalue weighted by Crippen LogP contribution is -2.67. The second kappa shape index (κ2) is 8.07. The zero-order chi connectivity index (χ0) is 24.6. The number of rotatable bonds is 4. The van der Waals surface area contributed by atoms with Gasteiger partial charge in [0.15, 0.2) is 0 Å². The highest BCUT2D eigenvalue weighted by Gasteiger charge is 2.71. The average molecular weight is 460 g/mol. The largest absolute Gasteiger partial charge is 0.393 e. The van der Waals surface area contributed by atoms with Crippen molar-refractivity contribution >= 4 is 0 Å². The van der Waals surface area contributed by atoms with Crippen LogP contribution in [0.2, 0.25) is 0 Å². The number of nitrogens with two attached hydrogens (primary N) is 1. The fraction of sp³-hybridized carbons (Fsp3) is 0.933. The third-order valence-corrected chi connectivity index (χ3v) is 12.5. The summed E-state index contributed by atoms with van der Waals surface area (Å²) in [6, 6.07) is 0.281. The summed E-state index contributed by atoms with van der Waals surface area (Å²) in [6.45, 7) is 18.7. The van der Waals surface area contributed by atoms with Gasteiger partial charge in [0.1, 0.15) is 0 Å². The Hall–Kier alpha value is -0.380. The topological polar surface area (TPSA) is 66.5 Å². The number of allylic oxidation sites excluding steroid dienone is 2. The minimum Gasteiger partial charge on any atom is -0.393 e. The van der Waals surface area contributed by atoms with Gasteiger partial charge in [-0.2, -0.15) is 0 Å². The molecule has 3 unspecified atom stereocenters. The molecule has 4 aliphatic carbocycles. The predicted molar refractivity (Wildman–Crippen MR) is 138 cm³/mol. The van der Waals surface area contributed by atoms with E-state index in [0.29, 0.717) is 11.8 Å². The van der Waals surface area contributed by atoms with Crippen molar-refractivity contribution in [1.82, 2.24) is 0 Å². The van der Waals surface area contributed by atoms with Crippen molar-refractivity contribution in [1.29, 1.82) is 0 Å². The molecule has 3 nitrogen and oxygen atoms in total. The van der Waals surface area contributed by atoms with Crippen molar-refractivity contribution in [3.05, 3.63) is 11.6 Å². The summed E-state index contributed by atoms with van der Waals surface area (Å²) in [4.78, 5) is 0. The first-order chi connectivity index (χ1) is 15.1. The smallest absolute Gasteiger partial charge is 0.0654 e. The monoisotopic (exact) mass is 459 g/mol. The van der Waals surface area contributed by atoms with E-state index >= 15 is 0 Å². The molecule has 0 bridgehead atoms. The van der Waals surface area contributed by atoms with Gasteiger partial charge < -0.3 is 15.9 Å². The van der Waals surface area contributed by atoms with Crippen molar-refractivity contribution in [3.63, 3.8) is 0 Å². The van der Waals surface area contributed by atoms with Gasteiger partial charge in [-0.3, -0.25) is 0 Å². The van der Waals surface area contributed by atoms with Crippen LogP contribution in [-0.4, -0.2) is 28.0 Å². The SMILES string of the molecule is CC(C)=CCC[C@](C)(O)[C@H]1CC[C@@]2(C)[C@@H]1C(O)C[C@@H]1[C@@]3(C)CCC(N)C(C)(C)C3CC[C@]12C. The highest BCUT2D eigenvalue weighted by atomic mass is 16.3. The van der Waals surface area contributed by atoms with E-state index in [1.54, 1.807) is 0 Å². The standard InChI is InChI=1S/C30H53NO2/c1-19(2)10-9-14-30(8,33)20-11-16-29(7)25(20)21(32)18-23-27(5)15-13-24(31)26(3,4)22(27)12-17-28(23,29)6/h10,20-25,32-33H,9,11-18,31H2,1-8H3/t20-,21?,22?,23+,24?,25-,27-,28+,29-,30-/m0/s1. The van der Waals surface area contributed by atoms with Gasteiger partial charge in [-0.25, -0.2) is 0 Å². The van der Waals surface area contributed by atoms with Gasteiger partial charge in [-0.05, 0) is 124 Å². The molecule has 0 spiro atoms. The molecule has 4 N–H and O–H groups in total. The second-order valence-electron chi connectivity index (χ2n) is 14.6. The average Bonchev–Trinajstić information content (AvgIpc) is 3.08. The van der Waals surface area contributed by atoms with Gasteiger partial charge in [0.2, 0.25) is 0 Å². The lowest BCUT2D eigenvalue weighted by Gasteiger charge is -2.70. The Bertz CT molecular complexity index is 782. The Balaban J connectivity index is 1.66. The molecule has 10 atom stereocenters. The first kappa shape index (κ1) is 25.7. The van der Waals surface area contributed by atoms with E-state index < -0.39 is 5.60 Å². The fourth-order valence-corrected chi connectivity index (χ4v) is 10.3. The summed E-state index contributed by atoms with van der Waals surface area (Å²) >= 11 is 0. The van der Waals surface area contributed by atoms with Gasteiger partial charge in [0, 0.05) is 6.04 Å². The maximum Gasteiger partial charge on any atom is 0.0654 e. The van der Waals surface area contributed by atoms with E-state index in [2.05, 4.69) is 54.5 Å². The van der Waals surface area contributed by atoms with Crippen LogP contribution in [0.15, 0.2) is 11.6 Å². The van der Waals surface area contributed by atoms with Crippen LogP contribution in [0, 0.1) is 45.3 Å². The summed E-state index contributed by atoms with van der Waals surface area (Å²) in [6.07, 6.45) is 11.5. The van der Waals surface area contributed by atoms with Crippen LogP contribution in [0.5, 0.6) is 0 Å². The fourth-order valence-electron chi connectivity index (χ4n) is 10.3. The molecule has 0 saturated heterocycles. The summed E-state index contributed by atoms with van der Waals surface area (Å²) in [7, 11) is 0. The van der Waals surface area contributed by atoms with Gasteiger partial charge >= 0.3 is 0 Å². The Labute approximate surface area is 204 Å². The van der Waals surface area contributed by atoms with Gasteiger partial charge in [-0.1, -0.05) is 46.3 Å². The Morgan fingerprint density at radius 3 is 2.24 bits per heavy atom. The van der Waals surface area contributed by atoms with Gasteiger partial charge in [0.05, 0.1) is 11.7 Å². The van der Waals surface area contributed by atoms with Crippen LogP contribution in [0.25, 0.3) is 0 Å². The molecule has 33 heavy (non-hydrogen) atoms. The van der Waals surface area contributed by atoms with Crippen LogP contribution in [0.1, 0.15) is 113 Å². The van der Waals surface area contributed by atoms with Crippen LogP contribution in [-0.2, 0) is 0 Å². The maximum atomic E-state index is 11.8. The highest BCUT2D eigenvalue weighted by Crippen LogP contribution is 2.75. The summed E-state index contributed by atoms with van der Waals surface area (Å²) < 4.78 is 0. The lowest BCUT2D eigenvalue weighted by molar-refractivity contribution is -0.236. The van der Waals surface area contributed by atoms with Crippen molar-refractivity contribution < 1.29 is 10.2 Å². The molecule has 0 aromatic rings. The van der Waals surface area contributed by atoms with E-state index in [1.807, 2.05) is 6.92 Å². The lowest BCUT2D eigenvalue weighted by atomic mass is 9.35. The Kier molecular flexibility index (Phi) is 6.28. The predicted octanol–water partition coefficient (Wildman–Crippen LogP) is 6.47. The number of hydrogen-bond donors (Lipinski definition) is 3. The molecule has 0 heterocycles. The molecule has 4 fully saturated rings. The van der Waals surface area contributed by atoms with Crippen molar-refractivity contribution in [2.75, 3.05) is 0 Å². The summed E-state index contributed by atoms with van der Waals surface area (Å²) in [5.41, 5.74) is 7.95. The number of hydrogen-bond acceptors (Lipinski definition) is 3. The summed E-state index contributed by atoms with van der Waals surface area (Å²) in [5, 5.41) is 23.4. The molecular weight excluding hydrogens is 406 g/mol. The van der Waals surface area contributed by atoms with Crippen LogP contribution in [0.3, 0.4) is 0 Å². The second-order valence-corrected chi connectivity index (χ2v) is 14.6. The Morgan fingerprint density at radius 2 is 1.61 bits per heavy atom. The maximum absolute atomic E-state index is 11.8.